The maximum absolute atomic E-state index is 12.8. The van der Waals surface area contributed by atoms with E-state index < -0.39 is 6.10 Å². The van der Waals surface area contributed by atoms with E-state index >= 15 is 0 Å². The molecule has 1 spiro atoms. The van der Waals surface area contributed by atoms with Gasteiger partial charge in [-0.2, -0.15) is 0 Å². The molecule has 3 saturated heterocycles. The van der Waals surface area contributed by atoms with Crippen molar-refractivity contribution in [2.45, 2.75) is 31.8 Å². The molecular weight excluding hydrogens is 344 g/mol. The van der Waals surface area contributed by atoms with E-state index in [0.717, 1.165) is 24.9 Å². The van der Waals surface area contributed by atoms with Crippen molar-refractivity contribution < 1.29 is 19.4 Å². The van der Waals surface area contributed by atoms with E-state index in [9.17, 15) is 14.7 Å². The summed E-state index contributed by atoms with van der Waals surface area (Å²) >= 11 is 0. The van der Waals surface area contributed by atoms with E-state index in [-0.39, 0.29) is 29.1 Å². The number of nitrogens with zero attached hydrogens (tertiary/aromatic N) is 1. The zero-order valence-corrected chi connectivity index (χ0v) is 15.6. The molecule has 1 aromatic rings. The molecule has 146 valence electrons. The molecule has 4 rings (SSSR count). The summed E-state index contributed by atoms with van der Waals surface area (Å²) < 4.78 is 5.26. The van der Waals surface area contributed by atoms with Crippen molar-refractivity contribution in [1.29, 1.82) is 0 Å². The maximum Gasteiger partial charge on any atom is 0.251 e. The summed E-state index contributed by atoms with van der Waals surface area (Å²) in [6.45, 7) is 3.49. The van der Waals surface area contributed by atoms with E-state index in [1.165, 1.54) is 0 Å². The van der Waals surface area contributed by atoms with Gasteiger partial charge in [0.15, 0.2) is 0 Å². The third-order valence-corrected chi connectivity index (χ3v) is 6.21. The third kappa shape index (κ3) is 3.87. The molecule has 0 bridgehead atoms. The minimum absolute atomic E-state index is 0.0495. The van der Waals surface area contributed by atoms with E-state index in [4.69, 9.17) is 4.74 Å². The molecule has 0 saturated carbocycles. The van der Waals surface area contributed by atoms with Gasteiger partial charge in [-0.3, -0.25) is 9.59 Å². The van der Waals surface area contributed by atoms with Crippen molar-refractivity contribution in [2.75, 3.05) is 32.8 Å². The first-order valence-electron chi connectivity index (χ1n) is 9.93. The number of rotatable bonds is 6. The Morgan fingerprint density at radius 1 is 1.30 bits per heavy atom. The topological polar surface area (TPSA) is 78.9 Å². The molecule has 2 N–H and O–H groups in total. The van der Waals surface area contributed by atoms with E-state index in [2.05, 4.69) is 5.32 Å². The Kier molecular flexibility index (Phi) is 5.19. The lowest BCUT2D eigenvalue weighted by Crippen LogP contribution is -2.68. The molecule has 6 heteroatoms. The molecule has 27 heavy (non-hydrogen) atoms. The second-order valence-electron chi connectivity index (χ2n) is 8.45. The largest absolute Gasteiger partial charge is 0.383 e. The maximum atomic E-state index is 12.8. The highest BCUT2D eigenvalue weighted by molar-refractivity contribution is 5.82. The lowest BCUT2D eigenvalue weighted by Gasteiger charge is -2.55. The quantitative estimate of drug-likeness (QED) is 0.780. The fourth-order valence-corrected chi connectivity index (χ4v) is 4.55. The Balaban J connectivity index is 1.44. The summed E-state index contributed by atoms with van der Waals surface area (Å²) in [5.74, 6) is -0.543. The Morgan fingerprint density at radius 2 is 2.04 bits per heavy atom. The molecule has 0 aliphatic carbocycles. The SMILES string of the molecule is O=C1NCCCC1CC(Cc1ccccc1)C(O)C(=O)N1CC2(COC2)C1. The number of carbonyl (C=O) groups is 2. The van der Waals surface area contributed by atoms with Crippen LogP contribution in [0.4, 0.5) is 0 Å². The monoisotopic (exact) mass is 372 g/mol. The van der Waals surface area contributed by atoms with Crippen LogP contribution in [-0.4, -0.2) is 60.8 Å². The van der Waals surface area contributed by atoms with Crippen LogP contribution < -0.4 is 5.32 Å². The number of nitrogens with one attached hydrogen (secondary N) is 1. The van der Waals surface area contributed by atoms with Crippen LogP contribution in [0.15, 0.2) is 30.3 Å². The molecule has 2 amide bonds. The Morgan fingerprint density at radius 3 is 2.67 bits per heavy atom. The van der Waals surface area contributed by atoms with Gasteiger partial charge in [0.2, 0.25) is 5.91 Å². The van der Waals surface area contributed by atoms with Crippen molar-refractivity contribution in [3.8, 4) is 0 Å². The first-order valence-corrected chi connectivity index (χ1v) is 9.93. The number of carbonyl (C=O) groups excluding carboxylic acids is 2. The number of amides is 2. The molecule has 3 fully saturated rings. The van der Waals surface area contributed by atoms with Gasteiger partial charge in [0.25, 0.3) is 5.91 Å². The molecule has 3 heterocycles. The molecule has 0 radical (unpaired) electrons. The third-order valence-electron chi connectivity index (χ3n) is 6.21. The number of aliphatic hydroxyl groups excluding tert-OH is 1. The number of benzene rings is 1. The number of hydrogen-bond donors (Lipinski definition) is 2. The lowest BCUT2D eigenvalue weighted by atomic mass is 9.76. The Labute approximate surface area is 159 Å². The molecule has 6 nitrogen and oxygen atoms in total. The van der Waals surface area contributed by atoms with Crippen LogP contribution in [0.1, 0.15) is 24.8 Å². The van der Waals surface area contributed by atoms with Crippen molar-refractivity contribution in [2.24, 2.45) is 17.3 Å². The van der Waals surface area contributed by atoms with Gasteiger partial charge in [-0.1, -0.05) is 30.3 Å². The number of likely N-dealkylation sites (tertiary alicyclic amines) is 1. The first kappa shape index (κ1) is 18.4. The average Bonchev–Trinajstić information content (AvgIpc) is 2.60. The highest BCUT2D eigenvalue weighted by Gasteiger charge is 2.52. The minimum Gasteiger partial charge on any atom is -0.383 e. The van der Waals surface area contributed by atoms with Crippen LogP contribution in [-0.2, 0) is 20.7 Å². The van der Waals surface area contributed by atoms with Gasteiger partial charge < -0.3 is 20.1 Å². The first-order chi connectivity index (χ1) is 13.1. The van der Waals surface area contributed by atoms with Crippen LogP contribution in [0.5, 0.6) is 0 Å². The van der Waals surface area contributed by atoms with Crippen molar-refractivity contribution in [3.63, 3.8) is 0 Å². The summed E-state index contributed by atoms with van der Waals surface area (Å²) in [4.78, 5) is 26.8. The van der Waals surface area contributed by atoms with Gasteiger partial charge in [0.1, 0.15) is 6.10 Å². The van der Waals surface area contributed by atoms with Gasteiger partial charge in [0.05, 0.1) is 18.6 Å². The Bertz CT molecular complexity index is 681. The molecule has 1 aromatic carbocycles. The number of aliphatic hydroxyl groups is 1. The zero-order chi connectivity index (χ0) is 18.9. The fraction of sp³-hybridized carbons (Fsp3) is 0.619. The fourth-order valence-electron chi connectivity index (χ4n) is 4.55. The summed E-state index contributed by atoms with van der Waals surface area (Å²) in [5.41, 5.74) is 1.21. The van der Waals surface area contributed by atoms with E-state index in [1.807, 2.05) is 30.3 Å². The summed E-state index contributed by atoms with van der Waals surface area (Å²) in [6, 6.07) is 9.90. The van der Waals surface area contributed by atoms with Crippen LogP contribution in [0.3, 0.4) is 0 Å². The molecule has 3 aliphatic rings. The zero-order valence-electron chi connectivity index (χ0n) is 15.6. The normalized spacial score (nSPS) is 25.9. The standard InChI is InChI=1S/C21H28N2O4/c24-18(20(26)23-11-21(12-23)13-27-14-21)17(9-15-5-2-1-3-6-15)10-16-7-4-8-22-19(16)25/h1-3,5-6,16-18,24H,4,7-14H2,(H,22,25). The molecule has 0 aromatic heterocycles. The Hall–Kier alpha value is -1.92. The number of piperidine rings is 1. The van der Waals surface area contributed by atoms with Gasteiger partial charge in [-0.15, -0.1) is 0 Å². The average molecular weight is 372 g/mol. The van der Waals surface area contributed by atoms with Gasteiger partial charge >= 0.3 is 0 Å². The second kappa shape index (κ2) is 7.60. The van der Waals surface area contributed by atoms with Gasteiger partial charge in [-0.25, -0.2) is 0 Å². The van der Waals surface area contributed by atoms with Gasteiger partial charge in [-0.05, 0) is 37.2 Å². The highest BCUT2D eigenvalue weighted by atomic mass is 16.5. The molecule has 3 atom stereocenters. The molecular formula is C21H28N2O4. The molecule has 3 aliphatic heterocycles. The van der Waals surface area contributed by atoms with Crippen molar-refractivity contribution in [1.82, 2.24) is 10.2 Å². The van der Waals surface area contributed by atoms with Crippen LogP contribution in [0.25, 0.3) is 0 Å². The van der Waals surface area contributed by atoms with Crippen molar-refractivity contribution in [3.05, 3.63) is 35.9 Å². The number of hydrogen-bond acceptors (Lipinski definition) is 4. The van der Waals surface area contributed by atoms with Crippen LogP contribution >= 0.6 is 0 Å². The summed E-state index contributed by atoms with van der Waals surface area (Å²) in [6.07, 6.45) is 1.84. The lowest BCUT2D eigenvalue weighted by molar-refractivity contribution is -0.201. The summed E-state index contributed by atoms with van der Waals surface area (Å²) in [5, 5.41) is 13.8. The van der Waals surface area contributed by atoms with Crippen molar-refractivity contribution >= 4 is 11.8 Å². The summed E-state index contributed by atoms with van der Waals surface area (Å²) in [7, 11) is 0. The van der Waals surface area contributed by atoms with E-state index in [0.29, 0.717) is 39.1 Å². The van der Waals surface area contributed by atoms with E-state index in [1.54, 1.807) is 4.90 Å². The predicted molar refractivity (Wildman–Crippen MR) is 99.8 cm³/mol. The molecule has 3 unspecified atom stereocenters. The smallest absolute Gasteiger partial charge is 0.251 e. The second-order valence-corrected chi connectivity index (χ2v) is 8.45. The predicted octanol–water partition coefficient (Wildman–Crippen LogP) is 0.981. The highest BCUT2D eigenvalue weighted by Crippen LogP contribution is 2.38. The van der Waals surface area contributed by atoms with Gasteiger partial charge in [0, 0.05) is 25.6 Å². The van der Waals surface area contributed by atoms with Crippen LogP contribution in [0, 0.1) is 17.3 Å². The number of ether oxygens (including phenoxy) is 1. The van der Waals surface area contributed by atoms with Crippen LogP contribution in [0.2, 0.25) is 0 Å². The minimum atomic E-state index is -1.07.